The molecule has 0 aliphatic heterocycles. The van der Waals surface area contributed by atoms with Gasteiger partial charge in [0, 0.05) is 19.0 Å². The number of hydrogen-bond acceptors (Lipinski definition) is 4. The number of pyridine rings is 1. The van der Waals surface area contributed by atoms with Crippen LogP contribution in [0.25, 0.3) is 10.9 Å². The fourth-order valence-electron chi connectivity index (χ4n) is 1.73. The molecule has 21 heavy (non-hydrogen) atoms. The summed E-state index contributed by atoms with van der Waals surface area (Å²) in [5.74, 6) is -1.05. The van der Waals surface area contributed by atoms with E-state index >= 15 is 0 Å². The summed E-state index contributed by atoms with van der Waals surface area (Å²) in [6.45, 7) is -0.105. The molecule has 0 saturated heterocycles. The van der Waals surface area contributed by atoms with Gasteiger partial charge in [-0.2, -0.15) is 12.7 Å². The van der Waals surface area contributed by atoms with Crippen LogP contribution in [0, 0.1) is 0 Å². The van der Waals surface area contributed by atoms with E-state index in [-0.39, 0.29) is 13.0 Å². The third-order valence-electron chi connectivity index (χ3n) is 2.89. The van der Waals surface area contributed by atoms with E-state index in [2.05, 4.69) is 9.71 Å². The van der Waals surface area contributed by atoms with Crippen LogP contribution >= 0.6 is 0 Å². The maximum atomic E-state index is 12.0. The van der Waals surface area contributed by atoms with Crippen molar-refractivity contribution in [1.82, 2.24) is 9.29 Å². The van der Waals surface area contributed by atoms with Gasteiger partial charge >= 0.3 is 16.2 Å². The number of nitrogens with one attached hydrogen (secondary N) is 1. The first-order chi connectivity index (χ1) is 9.88. The summed E-state index contributed by atoms with van der Waals surface area (Å²) in [4.78, 5) is 14.6. The highest BCUT2D eigenvalue weighted by Crippen LogP contribution is 2.17. The smallest absolute Gasteiger partial charge is 0.304 e. The third-order valence-corrected chi connectivity index (χ3v) is 4.39. The summed E-state index contributed by atoms with van der Waals surface area (Å²) in [6.07, 6.45) is 1.16. The van der Waals surface area contributed by atoms with Gasteiger partial charge in [0.25, 0.3) is 0 Å². The topological polar surface area (TPSA) is 99.6 Å². The van der Waals surface area contributed by atoms with E-state index in [1.807, 2.05) is 24.3 Å². The molecule has 1 aromatic heterocycles. The highest BCUT2D eigenvalue weighted by atomic mass is 32.2. The molecule has 0 aliphatic carbocycles. The number of fused-ring (bicyclic) bond motifs is 1. The largest absolute Gasteiger partial charge is 0.481 e. The Morgan fingerprint density at radius 2 is 2.10 bits per heavy atom. The van der Waals surface area contributed by atoms with Crippen molar-refractivity contribution in [3.63, 3.8) is 0 Å². The van der Waals surface area contributed by atoms with Crippen molar-refractivity contribution in [1.29, 1.82) is 0 Å². The van der Waals surface area contributed by atoms with Crippen LogP contribution in [-0.4, -0.2) is 42.4 Å². The number of anilines is 1. The number of hydrogen-bond donors (Lipinski definition) is 2. The highest BCUT2D eigenvalue weighted by molar-refractivity contribution is 7.90. The Hall–Kier alpha value is -2.19. The Labute approximate surface area is 122 Å². The van der Waals surface area contributed by atoms with Crippen molar-refractivity contribution in [3.05, 3.63) is 36.5 Å². The summed E-state index contributed by atoms with van der Waals surface area (Å²) < 4.78 is 27.4. The molecular weight excluding hydrogens is 294 g/mol. The Morgan fingerprint density at radius 1 is 1.38 bits per heavy atom. The molecule has 0 aliphatic rings. The molecule has 2 N–H and O–H groups in total. The molecule has 0 amide bonds. The van der Waals surface area contributed by atoms with Crippen LogP contribution in [0.1, 0.15) is 6.42 Å². The maximum Gasteiger partial charge on any atom is 0.304 e. The van der Waals surface area contributed by atoms with Gasteiger partial charge in [0.05, 0.1) is 23.8 Å². The van der Waals surface area contributed by atoms with Crippen molar-refractivity contribution in [2.45, 2.75) is 6.42 Å². The minimum Gasteiger partial charge on any atom is -0.481 e. The Balaban J connectivity index is 2.16. The number of rotatable bonds is 6. The van der Waals surface area contributed by atoms with Crippen molar-refractivity contribution in [3.8, 4) is 0 Å². The average molecular weight is 309 g/mol. The molecule has 0 fully saturated rings. The fraction of sp³-hybridized carbons (Fsp3) is 0.231. The van der Waals surface area contributed by atoms with Crippen LogP contribution in [0.3, 0.4) is 0 Å². The fourth-order valence-corrected chi connectivity index (χ4v) is 2.62. The van der Waals surface area contributed by atoms with Crippen LogP contribution in [0.5, 0.6) is 0 Å². The normalized spacial score (nSPS) is 11.7. The van der Waals surface area contributed by atoms with E-state index in [1.54, 1.807) is 6.07 Å². The van der Waals surface area contributed by atoms with Gasteiger partial charge in [-0.15, -0.1) is 0 Å². The summed E-state index contributed by atoms with van der Waals surface area (Å²) in [5.41, 5.74) is 1.09. The highest BCUT2D eigenvalue weighted by Gasteiger charge is 2.18. The molecule has 0 radical (unpaired) electrons. The zero-order valence-electron chi connectivity index (χ0n) is 11.4. The molecule has 7 nitrogen and oxygen atoms in total. The van der Waals surface area contributed by atoms with E-state index in [0.29, 0.717) is 5.69 Å². The SMILES string of the molecule is CN(CCC(=O)O)S(=O)(=O)Nc1cnc2ccccc2c1. The number of aromatic nitrogens is 1. The Morgan fingerprint density at radius 3 is 2.81 bits per heavy atom. The lowest BCUT2D eigenvalue weighted by molar-refractivity contribution is -0.137. The number of carboxylic acid groups (broad SMARTS) is 1. The molecule has 2 aromatic rings. The lowest BCUT2D eigenvalue weighted by Crippen LogP contribution is -2.34. The first-order valence-electron chi connectivity index (χ1n) is 6.19. The number of carboxylic acids is 1. The molecule has 1 heterocycles. The zero-order valence-corrected chi connectivity index (χ0v) is 12.2. The first kappa shape index (κ1) is 15.2. The van der Waals surface area contributed by atoms with E-state index in [1.165, 1.54) is 13.2 Å². The van der Waals surface area contributed by atoms with Gasteiger partial charge in [0.1, 0.15) is 0 Å². The molecule has 8 heteroatoms. The van der Waals surface area contributed by atoms with Gasteiger partial charge in [-0.1, -0.05) is 18.2 Å². The third kappa shape index (κ3) is 3.89. The van der Waals surface area contributed by atoms with Gasteiger partial charge in [0.15, 0.2) is 0 Å². The standard InChI is InChI=1S/C13H15N3O4S/c1-16(7-6-13(17)18)21(19,20)15-11-8-10-4-2-3-5-12(10)14-9-11/h2-5,8-9,15H,6-7H2,1H3,(H,17,18). The number of para-hydroxylation sites is 1. The summed E-state index contributed by atoms with van der Waals surface area (Å²) >= 11 is 0. The van der Waals surface area contributed by atoms with E-state index in [0.717, 1.165) is 15.2 Å². The van der Waals surface area contributed by atoms with E-state index in [4.69, 9.17) is 5.11 Å². The molecule has 0 saturated carbocycles. The number of benzene rings is 1. The average Bonchev–Trinajstić information content (AvgIpc) is 2.44. The molecule has 0 spiro atoms. The van der Waals surface area contributed by atoms with Crippen molar-refractivity contribution in [2.75, 3.05) is 18.3 Å². The van der Waals surface area contributed by atoms with Crippen LogP contribution in [-0.2, 0) is 15.0 Å². The summed E-state index contributed by atoms with van der Waals surface area (Å²) in [7, 11) is -2.48. The zero-order chi connectivity index (χ0) is 15.5. The maximum absolute atomic E-state index is 12.0. The molecule has 0 bridgehead atoms. The molecule has 112 valence electrons. The van der Waals surface area contributed by atoms with Crippen LogP contribution in [0.2, 0.25) is 0 Å². The van der Waals surface area contributed by atoms with Crippen molar-refractivity contribution in [2.24, 2.45) is 0 Å². The molecule has 2 rings (SSSR count). The summed E-state index contributed by atoms with van der Waals surface area (Å²) in [6, 6.07) is 9.01. The first-order valence-corrected chi connectivity index (χ1v) is 7.63. The predicted octanol–water partition coefficient (Wildman–Crippen LogP) is 1.30. The molecule has 0 atom stereocenters. The van der Waals surface area contributed by atoms with Crippen molar-refractivity contribution < 1.29 is 18.3 Å². The van der Waals surface area contributed by atoms with Gasteiger partial charge in [-0.3, -0.25) is 14.5 Å². The quantitative estimate of drug-likeness (QED) is 0.838. The molecule has 0 unspecified atom stereocenters. The monoisotopic (exact) mass is 309 g/mol. The van der Waals surface area contributed by atoms with E-state index < -0.39 is 16.2 Å². The number of aliphatic carboxylic acids is 1. The van der Waals surface area contributed by atoms with Crippen LogP contribution < -0.4 is 4.72 Å². The second kappa shape index (κ2) is 6.06. The number of carbonyl (C=O) groups is 1. The summed E-state index contributed by atoms with van der Waals surface area (Å²) in [5, 5.41) is 9.40. The second-order valence-corrected chi connectivity index (χ2v) is 6.27. The Bertz CT molecular complexity index is 761. The Kier molecular flexibility index (Phi) is 4.39. The van der Waals surface area contributed by atoms with Crippen LogP contribution in [0.15, 0.2) is 36.5 Å². The molecule has 1 aromatic carbocycles. The van der Waals surface area contributed by atoms with Crippen molar-refractivity contribution >= 4 is 32.8 Å². The number of nitrogens with zero attached hydrogens (tertiary/aromatic N) is 2. The van der Waals surface area contributed by atoms with Gasteiger partial charge in [-0.05, 0) is 12.1 Å². The minimum absolute atomic E-state index is 0.105. The van der Waals surface area contributed by atoms with Gasteiger partial charge in [0.2, 0.25) is 0 Å². The van der Waals surface area contributed by atoms with Gasteiger partial charge in [-0.25, -0.2) is 0 Å². The van der Waals surface area contributed by atoms with Gasteiger partial charge < -0.3 is 5.11 Å². The lowest BCUT2D eigenvalue weighted by atomic mass is 10.2. The minimum atomic E-state index is -3.80. The second-order valence-electron chi connectivity index (χ2n) is 4.49. The molecular formula is C13H15N3O4S. The van der Waals surface area contributed by atoms with E-state index in [9.17, 15) is 13.2 Å². The lowest BCUT2D eigenvalue weighted by Gasteiger charge is -2.17. The predicted molar refractivity (Wildman–Crippen MR) is 79.2 cm³/mol. The van der Waals surface area contributed by atoms with Crippen LogP contribution in [0.4, 0.5) is 5.69 Å².